The first kappa shape index (κ1) is 21.9. The molecule has 0 spiro atoms. The number of fused-ring (bicyclic) bond motifs is 7. The van der Waals surface area contributed by atoms with Gasteiger partial charge in [-0.2, -0.15) is 0 Å². The van der Waals surface area contributed by atoms with E-state index in [1.165, 1.54) is 53.9 Å². The van der Waals surface area contributed by atoms with Crippen molar-refractivity contribution in [3.63, 3.8) is 0 Å². The van der Waals surface area contributed by atoms with Gasteiger partial charge in [-0.15, -0.1) is 0 Å². The van der Waals surface area contributed by atoms with E-state index in [0.29, 0.717) is 0 Å². The van der Waals surface area contributed by atoms with Gasteiger partial charge in [0.1, 0.15) is 0 Å². The zero-order valence-electron chi connectivity index (χ0n) is 21.4. The van der Waals surface area contributed by atoms with E-state index in [4.69, 9.17) is 0 Å². The van der Waals surface area contributed by atoms with Crippen molar-refractivity contribution in [1.82, 2.24) is 0 Å². The first-order valence-corrected chi connectivity index (χ1v) is 13.4. The van der Waals surface area contributed by atoms with Crippen LogP contribution in [0.2, 0.25) is 0 Å². The minimum absolute atomic E-state index is 1.15. The Morgan fingerprint density at radius 3 is 1.18 bits per heavy atom. The van der Waals surface area contributed by atoms with Crippen molar-refractivity contribution >= 4 is 70.9 Å². The van der Waals surface area contributed by atoms with Crippen molar-refractivity contribution in [2.45, 2.75) is 0 Å². The molecule has 0 aliphatic carbocycles. The molecule has 0 amide bonds. The predicted molar refractivity (Wildman–Crippen MR) is 169 cm³/mol. The van der Waals surface area contributed by atoms with Gasteiger partial charge >= 0.3 is 0 Å². The molecule has 0 unspecified atom stereocenters. The molecular weight excluding hydrogens is 470 g/mol. The molecule has 8 aromatic carbocycles. The van der Waals surface area contributed by atoms with E-state index in [9.17, 15) is 0 Å². The lowest BCUT2D eigenvalue weighted by molar-refractivity contribution is 1.30. The van der Waals surface area contributed by atoms with E-state index in [0.717, 1.165) is 17.1 Å². The van der Waals surface area contributed by atoms with Gasteiger partial charge in [0, 0.05) is 17.1 Å². The lowest BCUT2D eigenvalue weighted by atomic mass is 9.99. The van der Waals surface area contributed by atoms with Gasteiger partial charge in [-0.25, -0.2) is 0 Å². The molecule has 0 aliphatic rings. The summed E-state index contributed by atoms with van der Waals surface area (Å²) in [5.74, 6) is 0. The second-order valence-electron chi connectivity index (χ2n) is 10.3. The van der Waals surface area contributed by atoms with E-state index < -0.39 is 0 Å². The molecule has 0 aromatic heterocycles. The Morgan fingerprint density at radius 2 is 0.615 bits per heavy atom. The predicted octanol–water partition coefficient (Wildman–Crippen LogP) is 10.9. The molecule has 0 atom stereocenters. The zero-order chi connectivity index (χ0) is 25.8. The van der Waals surface area contributed by atoms with E-state index in [2.05, 4.69) is 157 Å². The molecule has 0 fully saturated rings. The largest absolute Gasteiger partial charge is 0.310 e. The van der Waals surface area contributed by atoms with Crippen LogP contribution in [-0.2, 0) is 0 Å². The van der Waals surface area contributed by atoms with Crippen LogP contribution in [0.4, 0.5) is 17.1 Å². The molecule has 0 saturated carbocycles. The van der Waals surface area contributed by atoms with Gasteiger partial charge in [0.05, 0.1) is 0 Å². The van der Waals surface area contributed by atoms with Gasteiger partial charge in [-0.1, -0.05) is 115 Å². The fourth-order valence-corrected chi connectivity index (χ4v) is 6.04. The van der Waals surface area contributed by atoms with Crippen molar-refractivity contribution in [1.29, 1.82) is 0 Å². The summed E-state index contributed by atoms with van der Waals surface area (Å²) in [6.45, 7) is 0. The highest BCUT2D eigenvalue weighted by Gasteiger charge is 2.15. The van der Waals surface area contributed by atoms with Gasteiger partial charge in [0.15, 0.2) is 0 Å². The van der Waals surface area contributed by atoms with Crippen molar-refractivity contribution in [2.24, 2.45) is 0 Å². The molecule has 182 valence electrons. The van der Waals surface area contributed by atoms with Gasteiger partial charge < -0.3 is 4.90 Å². The van der Waals surface area contributed by atoms with Crippen molar-refractivity contribution in [2.75, 3.05) is 4.90 Å². The molecule has 39 heavy (non-hydrogen) atoms. The third-order valence-corrected chi connectivity index (χ3v) is 7.96. The van der Waals surface area contributed by atoms with Crippen molar-refractivity contribution in [3.05, 3.63) is 152 Å². The van der Waals surface area contributed by atoms with Crippen molar-refractivity contribution < 1.29 is 0 Å². The molecule has 1 nitrogen and oxygen atoms in total. The average molecular weight is 496 g/mol. The second-order valence-corrected chi connectivity index (χ2v) is 10.3. The summed E-state index contributed by atoms with van der Waals surface area (Å²) in [4.78, 5) is 2.38. The second kappa shape index (κ2) is 8.72. The van der Waals surface area contributed by atoms with Gasteiger partial charge in [0.25, 0.3) is 0 Å². The highest BCUT2D eigenvalue weighted by Crippen LogP contribution is 2.40. The van der Waals surface area contributed by atoms with E-state index in [1.807, 2.05) is 0 Å². The topological polar surface area (TPSA) is 3.24 Å². The minimum atomic E-state index is 1.15. The number of hydrogen-bond acceptors (Lipinski definition) is 1. The Kier molecular flexibility index (Phi) is 4.89. The summed E-state index contributed by atoms with van der Waals surface area (Å²) in [7, 11) is 0. The van der Waals surface area contributed by atoms with Crippen LogP contribution in [0.25, 0.3) is 53.9 Å². The average Bonchev–Trinajstić information content (AvgIpc) is 3.01. The molecule has 0 bridgehead atoms. The summed E-state index contributed by atoms with van der Waals surface area (Å²) in [6.07, 6.45) is 0. The summed E-state index contributed by atoms with van der Waals surface area (Å²) >= 11 is 0. The van der Waals surface area contributed by atoms with Crippen LogP contribution in [0.3, 0.4) is 0 Å². The van der Waals surface area contributed by atoms with Crippen LogP contribution >= 0.6 is 0 Å². The fourth-order valence-electron chi connectivity index (χ4n) is 6.04. The normalized spacial score (nSPS) is 11.6. The van der Waals surface area contributed by atoms with Crippen LogP contribution in [0, 0.1) is 0 Å². The van der Waals surface area contributed by atoms with Crippen LogP contribution in [-0.4, -0.2) is 0 Å². The first-order chi connectivity index (χ1) is 19.3. The summed E-state index contributed by atoms with van der Waals surface area (Å²) in [5, 5.41) is 12.6. The van der Waals surface area contributed by atoms with Crippen LogP contribution in [0.5, 0.6) is 0 Å². The third-order valence-electron chi connectivity index (χ3n) is 7.96. The Hall–Kier alpha value is -5.14. The first-order valence-electron chi connectivity index (χ1n) is 13.4. The summed E-state index contributed by atoms with van der Waals surface area (Å²) in [5.41, 5.74) is 3.44. The lowest BCUT2D eigenvalue weighted by Gasteiger charge is -2.27. The Bertz CT molecular complexity index is 2070. The van der Waals surface area contributed by atoms with Crippen LogP contribution < -0.4 is 4.90 Å². The van der Waals surface area contributed by atoms with E-state index >= 15 is 0 Å². The maximum absolute atomic E-state index is 2.38. The fraction of sp³-hybridized carbons (Fsp3) is 0. The maximum atomic E-state index is 2.38. The number of rotatable bonds is 3. The molecule has 0 aliphatic heterocycles. The van der Waals surface area contributed by atoms with Gasteiger partial charge in [-0.05, 0) is 90.3 Å². The van der Waals surface area contributed by atoms with E-state index in [1.54, 1.807) is 0 Å². The Morgan fingerprint density at radius 1 is 0.256 bits per heavy atom. The van der Waals surface area contributed by atoms with Crippen molar-refractivity contribution in [3.8, 4) is 0 Å². The highest BCUT2D eigenvalue weighted by molar-refractivity contribution is 6.10. The quantitative estimate of drug-likeness (QED) is 0.220. The zero-order valence-corrected chi connectivity index (χ0v) is 21.4. The monoisotopic (exact) mass is 495 g/mol. The minimum Gasteiger partial charge on any atom is -0.310 e. The summed E-state index contributed by atoms with van der Waals surface area (Å²) in [6, 6.07) is 55.2. The molecule has 0 N–H and O–H groups in total. The molecule has 8 aromatic rings. The number of anilines is 3. The summed E-state index contributed by atoms with van der Waals surface area (Å²) < 4.78 is 0. The highest BCUT2D eigenvalue weighted by atomic mass is 15.1. The van der Waals surface area contributed by atoms with Gasteiger partial charge in [-0.3, -0.25) is 0 Å². The number of nitrogens with zero attached hydrogens (tertiary/aromatic N) is 1. The lowest BCUT2D eigenvalue weighted by Crippen LogP contribution is -2.10. The molecular formula is C38H25N. The smallest absolute Gasteiger partial charge is 0.0468 e. The maximum Gasteiger partial charge on any atom is 0.0468 e. The molecule has 8 rings (SSSR count). The Balaban J connectivity index is 1.36. The number of hydrogen-bond donors (Lipinski definition) is 0. The molecule has 1 heteroatoms. The van der Waals surface area contributed by atoms with Crippen LogP contribution in [0.1, 0.15) is 0 Å². The number of benzene rings is 8. The van der Waals surface area contributed by atoms with E-state index in [-0.39, 0.29) is 0 Å². The van der Waals surface area contributed by atoms with Crippen LogP contribution in [0.15, 0.2) is 152 Å². The molecule has 0 saturated heterocycles. The Labute approximate surface area is 227 Å². The SMILES string of the molecule is c1ccc2cc(N(c3ccc4c(ccc5ccccc54)c3)c3ccc4c(ccc5ccccc54)c3)ccc2c1. The molecule has 0 radical (unpaired) electrons. The standard InChI is InChI=1S/C38H25N/c1-2-10-29-23-32(18-17-26(29)7-1)39(33-19-21-37-30(24-33)15-13-27-8-3-5-11-35(27)37)34-20-22-38-31(25-34)16-14-28-9-4-6-12-36(28)38/h1-25H. The molecule has 0 heterocycles. The van der Waals surface area contributed by atoms with Gasteiger partial charge in [0.2, 0.25) is 0 Å². The third kappa shape index (κ3) is 3.63.